The van der Waals surface area contributed by atoms with Crippen LogP contribution < -0.4 is 5.32 Å². The van der Waals surface area contributed by atoms with Crippen molar-refractivity contribution in [1.82, 2.24) is 5.32 Å². The smallest absolute Gasteiger partial charge is 0.120 e. The van der Waals surface area contributed by atoms with Crippen molar-refractivity contribution < 1.29 is 9.84 Å². The number of aryl methyl sites for hydroxylation is 1. The summed E-state index contributed by atoms with van der Waals surface area (Å²) in [6.45, 7) is 8.90. The molecule has 1 saturated heterocycles. The highest BCUT2D eigenvalue weighted by molar-refractivity contribution is 5.37. The fourth-order valence-corrected chi connectivity index (χ4v) is 2.08. The van der Waals surface area contributed by atoms with Gasteiger partial charge in [-0.25, -0.2) is 0 Å². The van der Waals surface area contributed by atoms with Gasteiger partial charge in [-0.2, -0.15) is 0 Å². The van der Waals surface area contributed by atoms with E-state index < -0.39 is 0 Å². The molecule has 0 saturated carbocycles. The van der Waals surface area contributed by atoms with Crippen LogP contribution >= 0.6 is 0 Å². The van der Waals surface area contributed by atoms with E-state index in [4.69, 9.17) is 4.74 Å². The van der Waals surface area contributed by atoms with E-state index in [0.29, 0.717) is 5.75 Å². The van der Waals surface area contributed by atoms with Crippen molar-refractivity contribution in [1.29, 1.82) is 0 Å². The normalized spacial score (nSPS) is 19.7. The number of phenols is 1. The number of nitrogens with one attached hydrogen (secondary N) is 1. The van der Waals surface area contributed by atoms with Gasteiger partial charge in [0.05, 0.1) is 13.2 Å². The molecule has 1 aromatic carbocycles. The van der Waals surface area contributed by atoms with Gasteiger partial charge in [0.25, 0.3) is 0 Å². The zero-order valence-corrected chi connectivity index (χ0v) is 10.8. The van der Waals surface area contributed by atoms with Crippen LogP contribution in [0, 0.1) is 12.3 Å². The minimum Gasteiger partial charge on any atom is -0.508 e. The first-order valence-corrected chi connectivity index (χ1v) is 6.11. The van der Waals surface area contributed by atoms with Crippen molar-refractivity contribution in [3.8, 4) is 5.75 Å². The van der Waals surface area contributed by atoms with Gasteiger partial charge in [-0.05, 0) is 19.9 Å². The van der Waals surface area contributed by atoms with Gasteiger partial charge in [0.15, 0.2) is 0 Å². The van der Waals surface area contributed by atoms with Gasteiger partial charge in [0.1, 0.15) is 5.75 Å². The third-order valence-electron chi connectivity index (χ3n) is 3.39. The number of rotatable bonds is 4. The van der Waals surface area contributed by atoms with E-state index in [1.807, 2.05) is 19.1 Å². The molecule has 1 heterocycles. The zero-order valence-electron chi connectivity index (χ0n) is 10.8. The van der Waals surface area contributed by atoms with E-state index in [0.717, 1.165) is 25.3 Å². The quantitative estimate of drug-likeness (QED) is 0.842. The molecule has 1 aliphatic rings. The maximum absolute atomic E-state index is 9.84. The molecule has 2 N–H and O–H groups in total. The molecule has 3 heteroatoms. The average Bonchev–Trinajstić information content (AvgIpc) is 2.26. The molecule has 0 amide bonds. The molecule has 0 radical (unpaired) electrons. The van der Waals surface area contributed by atoms with Crippen molar-refractivity contribution in [2.24, 2.45) is 5.41 Å². The minimum absolute atomic E-state index is 0.160. The van der Waals surface area contributed by atoms with Crippen LogP contribution in [0.1, 0.15) is 31.0 Å². The predicted octanol–water partition coefficient (Wildman–Crippen LogP) is 2.39. The van der Waals surface area contributed by atoms with E-state index in [9.17, 15) is 5.11 Å². The molecule has 1 fully saturated rings. The van der Waals surface area contributed by atoms with E-state index in [1.165, 1.54) is 5.56 Å². The molecule has 1 atom stereocenters. The molecule has 2 rings (SSSR count). The van der Waals surface area contributed by atoms with Crippen LogP contribution in [0.25, 0.3) is 0 Å². The highest BCUT2D eigenvalue weighted by Crippen LogP contribution is 2.28. The highest BCUT2D eigenvalue weighted by Gasteiger charge is 2.33. The average molecular weight is 235 g/mol. The first-order valence-electron chi connectivity index (χ1n) is 6.11. The van der Waals surface area contributed by atoms with Crippen LogP contribution in [-0.4, -0.2) is 24.9 Å². The summed E-state index contributed by atoms with van der Waals surface area (Å²) >= 11 is 0. The Labute approximate surface area is 103 Å². The molecule has 0 bridgehead atoms. The van der Waals surface area contributed by atoms with Crippen LogP contribution in [0.4, 0.5) is 0 Å². The number of hydrogen-bond donors (Lipinski definition) is 2. The molecule has 94 valence electrons. The van der Waals surface area contributed by atoms with Crippen molar-refractivity contribution >= 4 is 0 Å². The summed E-state index contributed by atoms with van der Waals surface area (Å²) in [6.07, 6.45) is 0. The van der Waals surface area contributed by atoms with Crippen molar-refractivity contribution in [2.75, 3.05) is 19.8 Å². The largest absolute Gasteiger partial charge is 0.508 e. The van der Waals surface area contributed by atoms with Gasteiger partial charge in [-0.15, -0.1) is 0 Å². The van der Waals surface area contributed by atoms with Crippen LogP contribution in [0.5, 0.6) is 5.75 Å². The van der Waals surface area contributed by atoms with Gasteiger partial charge in [0.2, 0.25) is 0 Å². The Morgan fingerprint density at radius 2 is 2.18 bits per heavy atom. The lowest BCUT2D eigenvalue weighted by Crippen LogP contribution is -2.47. The number of aromatic hydroxyl groups is 1. The second-order valence-corrected chi connectivity index (χ2v) is 5.47. The molecule has 17 heavy (non-hydrogen) atoms. The zero-order chi connectivity index (χ0) is 12.5. The summed E-state index contributed by atoms with van der Waals surface area (Å²) in [5, 5.41) is 13.3. The number of hydrogen-bond acceptors (Lipinski definition) is 3. The molecule has 0 aliphatic carbocycles. The molecule has 1 unspecified atom stereocenters. The summed E-state index contributed by atoms with van der Waals surface area (Å²) in [5.41, 5.74) is 2.40. The van der Waals surface area contributed by atoms with Crippen LogP contribution in [0.2, 0.25) is 0 Å². The van der Waals surface area contributed by atoms with Gasteiger partial charge in [0, 0.05) is 23.6 Å². The lowest BCUT2D eigenvalue weighted by molar-refractivity contribution is -0.0999. The van der Waals surface area contributed by atoms with Crippen molar-refractivity contribution in [2.45, 2.75) is 26.8 Å². The van der Waals surface area contributed by atoms with E-state index in [1.54, 1.807) is 6.07 Å². The Bertz CT molecular complexity index is 399. The maximum atomic E-state index is 9.84. The van der Waals surface area contributed by atoms with E-state index in [-0.39, 0.29) is 11.5 Å². The Balaban J connectivity index is 1.99. The predicted molar refractivity (Wildman–Crippen MR) is 68.2 cm³/mol. The topological polar surface area (TPSA) is 41.5 Å². The Hall–Kier alpha value is -1.06. The Morgan fingerprint density at radius 3 is 2.76 bits per heavy atom. The molecule has 3 nitrogen and oxygen atoms in total. The highest BCUT2D eigenvalue weighted by atomic mass is 16.5. The standard InChI is InChI=1S/C14H21NO2/c1-10-4-5-13(16)12(6-10)11(2)15-7-14(3)8-17-9-14/h4-6,11,15-16H,7-9H2,1-3H3. The van der Waals surface area contributed by atoms with Gasteiger partial charge >= 0.3 is 0 Å². The first-order chi connectivity index (χ1) is 8.00. The molecule has 0 spiro atoms. The molecule has 1 aromatic rings. The number of phenolic OH excluding ortho intramolecular Hbond substituents is 1. The second-order valence-electron chi connectivity index (χ2n) is 5.47. The lowest BCUT2D eigenvalue weighted by Gasteiger charge is -2.39. The summed E-state index contributed by atoms with van der Waals surface area (Å²) in [5.74, 6) is 0.366. The summed E-state index contributed by atoms with van der Waals surface area (Å²) < 4.78 is 5.23. The lowest BCUT2D eigenvalue weighted by atomic mass is 9.88. The van der Waals surface area contributed by atoms with Crippen LogP contribution in [0.3, 0.4) is 0 Å². The van der Waals surface area contributed by atoms with Gasteiger partial charge < -0.3 is 15.2 Å². The maximum Gasteiger partial charge on any atom is 0.120 e. The third kappa shape index (κ3) is 2.79. The monoisotopic (exact) mass is 235 g/mol. The van der Waals surface area contributed by atoms with E-state index >= 15 is 0 Å². The first kappa shape index (κ1) is 12.4. The fraction of sp³-hybridized carbons (Fsp3) is 0.571. The Kier molecular flexibility index (Phi) is 3.40. The van der Waals surface area contributed by atoms with E-state index in [2.05, 4.69) is 19.2 Å². The van der Waals surface area contributed by atoms with Crippen LogP contribution in [-0.2, 0) is 4.74 Å². The van der Waals surface area contributed by atoms with Gasteiger partial charge in [-0.1, -0.05) is 24.6 Å². The summed E-state index contributed by atoms with van der Waals surface area (Å²) in [4.78, 5) is 0. The van der Waals surface area contributed by atoms with Crippen molar-refractivity contribution in [3.63, 3.8) is 0 Å². The summed E-state index contributed by atoms with van der Waals surface area (Å²) in [7, 11) is 0. The number of ether oxygens (including phenoxy) is 1. The third-order valence-corrected chi connectivity index (χ3v) is 3.39. The summed E-state index contributed by atoms with van der Waals surface area (Å²) in [6, 6.07) is 5.88. The minimum atomic E-state index is 0.160. The van der Waals surface area contributed by atoms with Crippen LogP contribution in [0.15, 0.2) is 18.2 Å². The molecular formula is C14H21NO2. The van der Waals surface area contributed by atoms with Gasteiger partial charge in [-0.3, -0.25) is 0 Å². The second kappa shape index (κ2) is 4.67. The molecule has 1 aliphatic heterocycles. The molecular weight excluding hydrogens is 214 g/mol. The van der Waals surface area contributed by atoms with Crippen molar-refractivity contribution in [3.05, 3.63) is 29.3 Å². The SMILES string of the molecule is Cc1ccc(O)c(C(C)NCC2(C)COC2)c1. The molecule has 0 aromatic heterocycles. The Morgan fingerprint density at radius 1 is 1.47 bits per heavy atom. The fourth-order valence-electron chi connectivity index (χ4n) is 2.08. The number of benzene rings is 1.